The Kier molecular flexibility index (Phi) is 4.41. The second-order valence-electron chi connectivity index (χ2n) is 4.65. The molecule has 0 amide bonds. The third-order valence-corrected chi connectivity index (χ3v) is 4.44. The van der Waals surface area contributed by atoms with E-state index in [1.807, 2.05) is 0 Å². The van der Waals surface area contributed by atoms with Crippen molar-refractivity contribution in [3.8, 4) is 0 Å². The fourth-order valence-electron chi connectivity index (χ4n) is 1.93. The van der Waals surface area contributed by atoms with Crippen LogP contribution in [0.5, 0.6) is 0 Å². The maximum Gasteiger partial charge on any atom is 0.352 e. The second-order valence-corrected chi connectivity index (χ2v) is 6.33. The topological polar surface area (TPSA) is 126 Å². The van der Waals surface area contributed by atoms with Gasteiger partial charge in [0.2, 0.25) is 0 Å². The lowest BCUT2D eigenvalue weighted by Crippen LogP contribution is -2.16. The summed E-state index contributed by atoms with van der Waals surface area (Å²) in [6.07, 6.45) is 1.06. The number of rotatable bonds is 5. The average Bonchev–Trinajstić information content (AvgIpc) is 2.99. The summed E-state index contributed by atoms with van der Waals surface area (Å²) in [7, 11) is -2.88. The number of sulfonamides is 1. The number of esters is 1. The number of benzene rings is 1. The molecule has 0 aliphatic carbocycles. The number of carbonyl (C=O) groups excluding carboxylic acids is 1. The molecule has 0 unspecified atom stereocenters. The van der Waals surface area contributed by atoms with Crippen LogP contribution in [-0.4, -0.2) is 37.6 Å². The first-order chi connectivity index (χ1) is 10.8. The summed E-state index contributed by atoms with van der Waals surface area (Å²) < 4.78 is 31.7. The van der Waals surface area contributed by atoms with Gasteiger partial charge in [0, 0.05) is 6.20 Å². The molecule has 0 bridgehead atoms. The molecule has 9 heteroatoms. The van der Waals surface area contributed by atoms with Crippen LogP contribution in [-0.2, 0) is 14.8 Å². The number of carboxylic acid groups (broad SMARTS) is 1. The number of hydrogen-bond acceptors (Lipinski definition) is 5. The molecule has 2 rings (SSSR count). The smallest absolute Gasteiger partial charge is 0.352 e. The van der Waals surface area contributed by atoms with Gasteiger partial charge in [0.15, 0.2) is 0 Å². The summed E-state index contributed by atoms with van der Waals surface area (Å²) in [4.78, 5) is 24.7. The lowest BCUT2D eigenvalue weighted by atomic mass is 10.1. The van der Waals surface area contributed by atoms with Gasteiger partial charge in [-0.05, 0) is 24.6 Å². The highest BCUT2D eigenvalue weighted by atomic mass is 32.2. The standard InChI is InChI=1S/C14H14N2O6S/c1-8-4-3-5-10(14(19)22-2)12(8)16-23(20,21)9-6-11(13(17)18)15-7-9/h3-7,15-16H,1-2H3,(H,17,18). The molecule has 3 N–H and O–H groups in total. The van der Waals surface area contributed by atoms with Crippen LogP contribution in [0.2, 0.25) is 0 Å². The van der Waals surface area contributed by atoms with Crippen LogP contribution in [0.25, 0.3) is 0 Å². The number of methoxy groups -OCH3 is 1. The van der Waals surface area contributed by atoms with Gasteiger partial charge in [0.1, 0.15) is 10.6 Å². The van der Waals surface area contributed by atoms with E-state index < -0.39 is 22.0 Å². The molecule has 0 aliphatic heterocycles. The molecule has 23 heavy (non-hydrogen) atoms. The van der Waals surface area contributed by atoms with E-state index in [0.29, 0.717) is 5.56 Å². The number of aromatic nitrogens is 1. The molecule has 0 saturated heterocycles. The van der Waals surface area contributed by atoms with Crippen LogP contribution >= 0.6 is 0 Å². The zero-order valence-electron chi connectivity index (χ0n) is 12.3. The average molecular weight is 338 g/mol. The highest BCUT2D eigenvalue weighted by Crippen LogP contribution is 2.25. The van der Waals surface area contributed by atoms with Crippen molar-refractivity contribution in [3.05, 3.63) is 47.3 Å². The van der Waals surface area contributed by atoms with E-state index in [2.05, 4.69) is 14.4 Å². The second kappa shape index (κ2) is 6.13. The largest absolute Gasteiger partial charge is 0.477 e. The SMILES string of the molecule is COC(=O)c1cccc(C)c1NS(=O)(=O)c1c[nH]c(C(=O)O)c1. The Morgan fingerprint density at radius 2 is 2.00 bits per heavy atom. The number of carbonyl (C=O) groups is 2. The van der Waals surface area contributed by atoms with E-state index in [1.165, 1.54) is 13.2 Å². The van der Waals surface area contributed by atoms with Gasteiger partial charge >= 0.3 is 11.9 Å². The number of hydrogen-bond donors (Lipinski definition) is 3. The van der Waals surface area contributed by atoms with Crippen LogP contribution < -0.4 is 4.72 Å². The monoisotopic (exact) mass is 338 g/mol. The van der Waals surface area contributed by atoms with E-state index in [-0.39, 0.29) is 21.8 Å². The minimum Gasteiger partial charge on any atom is -0.477 e. The number of ether oxygens (including phenoxy) is 1. The fraction of sp³-hybridized carbons (Fsp3) is 0.143. The van der Waals surface area contributed by atoms with Crippen LogP contribution in [0.3, 0.4) is 0 Å². The van der Waals surface area contributed by atoms with Crippen molar-refractivity contribution in [1.82, 2.24) is 4.98 Å². The van der Waals surface area contributed by atoms with Crippen molar-refractivity contribution in [2.75, 3.05) is 11.8 Å². The van der Waals surface area contributed by atoms with Crippen LogP contribution in [0.4, 0.5) is 5.69 Å². The van der Waals surface area contributed by atoms with Crippen molar-refractivity contribution in [1.29, 1.82) is 0 Å². The minimum atomic E-state index is -4.07. The summed E-state index contributed by atoms with van der Waals surface area (Å²) in [6.45, 7) is 1.63. The molecule has 0 fully saturated rings. The van der Waals surface area contributed by atoms with E-state index in [0.717, 1.165) is 12.3 Å². The summed E-state index contributed by atoms with van der Waals surface area (Å²) >= 11 is 0. The first-order valence-electron chi connectivity index (χ1n) is 6.38. The Hall–Kier alpha value is -2.81. The molecular weight excluding hydrogens is 324 g/mol. The van der Waals surface area contributed by atoms with Crippen molar-refractivity contribution in [2.45, 2.75) is 11.8 Å². The Labute approximate surface area is 132 Å². The number of aromatic amines is 1. The van der Waals surface area contributed by atoms with Crippen LogP contribution in [0, 0.1) is 6.92 Å². The highest BCUT2D eigenvalue weighted by Gasteiger charge is 2.22. The lowest BCUT2D eigenvalue weighted by Gasteiger charge is -2.13. The fourth-order valence-corrected chi connectivity index (χ4v) is 3.07. The van der Waals surface area contributed by atoms with Gasteiger partial charge in [-0.1, -0.05) is 12.1 Å². The summed E-state index contributed by atoms with van der Waals surface area (Å²) in [5.74, 6) is -1.97. The molecular formula is C14H14N2O6S. The Balaban J connectivity index is 2.45. The molecule has 1 aromatic carbocycles. The molecule has 0 atom stereocenters. The quantitative estimate of drug-likeness (QED) is 0.711. The summed E-state index contributed by atoms with van der Waals surface area (Å²) in [5.41, 5.74) is 0.399. The minimum absolute atomic E-state index is 0.0602. The van der Waals surface area contributed by atoms with Gasteiger partial charge < -0.3 is 14.8 Å². The van der Waals surface area contributed by atoms with Crippen molar-refractivity contribution < 1.29 is 27.9 Å². The van der Waals surface area contributed by atoms with Gasteiger partial charge in [0.25, 0.3) is 10.0 Å². The molecule has 0 radical (unpaired) electrons. The maximum atomic E-state index is 12.4. The van der Waals surface area contributed by atoms with Crippen molar-refractivity contribution in [2.24, 2.45) is 0 Å². The van der Waals surface area contributed by atoms with Crippen LogP contribution in [0.15, 0.2) is 35.4 Å². The zero-order valence-corrected chi connectivity index (χ0v) is 13.1. The first-order valence-corrected chi connectivity index (χ1v) is 7.87. The predicted molar refractivity (Wildman–Crippen MR) is 81.1 cm³/mol. The number of aromatic carboxylic acids is 1. The van der Waals surface area contributed by atoms with Crippen molar-refractivity contribution >= 4 is 27.6 Å². The van der Waals surface area contributed by atoms with Gasteiger partial charge in [-0.2, -0.15) is 0 Å². The Morgan fingerprint density at radius 1 is 1.30 bits per heavy atom. The normalized spacial score (nSPS) is 11.0. The van der Waals surface area contributed by atoms with E-state index in [9.17, 15) is 18.0 Å². The Bertz CT molecular complexity index is 869. The van der Waals surface area contributed by atoms with Gasteiger partial charge in [-0.3, -0.25) is 4.72 Å². The highest BCUT2D eigenvalue weighted by molar-refractivity contribution is 7.92. The third-order valence-electron chi connectivity index (χ3n) is 3.11. The van der Waals surface area contributed by atoms with Gasteiger partial charge in [0.05, 0.1) is 18.4 Å². The molecule has 0 spiro atoms. The molecule has 1 heterocycles. The van der Waals surface area contributed by atoms with Crippen molar-refractivity contribution in [3.63, 3.8) is 0 Å². The third kappa shape index (κ3) is 3.34. The molecule has 0 saturated carbocycles. The van der Waals surface area contributed by atoms with Gasteiger partial charge in [-0.15, -0.1) is 0 Å². The molecule has 2 aromatic rings. The van der Waals surface area contributed by atoms with E-state index in [4.69, 9.17) is 5.11 Å². The van der Waals surface area contributed by atoms with Crippen LogP contribution in [0.1, 0.15) is 26.4 Å². The molecule has 0 aliphatic rings. The zero-order chi connectivity index (χ0) is 17.2. The van der Waals surface area contributed by atoms with E-state index >= 15 is 0 Å². The summed E-state index contributed by atoms with van der Waals surface area (Å²) in [6, 6.07) is 5.64. The lowest BCUT2D eigenvalue weighted by molar-refractivity contribution is 0.0601. The number of para-hydroxylation sites is 1. The first kappa shape index (κ1) is 16.6. The van der Waals surface area contributed by atoms with E-state index in [1.54, 1.807) is 19.1 Å². The van der Waals surface area contributed by atoms with Gasteiger partial charge in [-0.25, -0.2) is 18.0 Å². The predicted octanol–water partition coefficient (Wildman–Crippen LogP) is 1.61. The molecule has 122 valence electrons. The number of carboxylic acids is 1. The molecule has 1 aromatic heterocycles. The number of anilines is 1. The molecule has 8 nitrogen and oxygen atoms in total. The number of aryl methyl sites for hydroxylation is 1. The number of nitrogens with one attached hydrogen (secondary N) is 2. The summed E-state index contributed by atoms with van der Waals surface area (Å²) in [5, 5.41) is 8.84. The Morgan fingerprint density at radius 3 is 2.57 bits per heavy atom. The maximum absolute atomic E-state index is 12.4. The number of H-pyrrole nitrogens is 1.